The second kappa shape index (κ2) is 10.6. The fourth-order valence-corrected chi connectivity index (χ4v) is 5.08. The van der Waals surface area contributed by atoms with E-state index in [1.165, 1.54) is 6.07 Å². The highest BCUT2D eigenvalue weighted by molar-refractivity contribution is 14.1. The first-order valence-corrected chi connectivity index (χ1v) is 12.9. The minimum absolute atomic E-state index is 0.0931. The lowest BCUT2D eigenvalue weighted by Crippen LogP contribution is -2.42. The normalized spacial score (nSPS) is 12.7. The average molecular weight is 823 g/mol. The third-order valence-corrected chi connectivity index (χ3v) is 8.60. The lowest BCUT2D eigenvalue weighted by atomic mass is 10.2. The van der Waals surface area contributed by atoms with Crippen LogP contribution in [-0.2, 0) is 14.9 Å². The van der Waals surface area contributed by atoms with E-state index in [4.69, 9.17) is 9.29 Å². The minimum Gasteiger partial charge on any atom is -0.451 e. The van der Waals surface area contributed by atoms with Gasteiger partial charge in [0, 0.05) is 22.8 Å². The van der Waals surface area contributed by atoms with Crippen LogP contribution in [0.15, 0.2) is 30.3 Å². The molecule has 178 valence electrons. The number of carbonyl (C=O) groups is 2. The van der Waals surface area contributed by atoms with E-state index in [-0.39, 0.29) is 5.56 Å². The van der Waals surface area contributed by atoms with Crippen LogP contribution in [0.1, 0.15) is 27.6 Å². The molecule has 0 aliphatic carbocycles. The zero-order valence-corrected chi connectivity index (χ0v) is 23.2. The molecule has 0 heterocycles. The van der Waals surface area contributed by atoms with Crippen LogP contribution in [-0.4, -0.2) is 41.2 Å². The van der Waals surface area contributed by atoms with Crippen LogP contribution >= 0.6 is 67.8 Å². The summed E-state index contributed by atoms with van der Waals surface area (Å²) in [6.07, 6.45) is -2.60. The fraction of sp³-hybridized carbons (Fsp3) is 0.176. The molecule has 0 spiro atoms. The van der Waals surface area contributed by atoms with Gasteiger partial charge >= 0.3 is 33.0 Å². The summed E-state index contributed by atoms with van der Waals surface area (Å²) in [5.74, 6) is -3.15. The summed E-state index contributed by atoms with van der Waals surface area (Å²) in [5, 5.41) is 6.51. The molecular weight excluding hydrogens is 813 g/mol. The molecule has 0 bridgehead atoms. The summed E-state index contributed by atoms with van der Waals surface area (Å²) in [6.45, 7) is 0.526. The maximum atomic E-state index is 13.6. The van der Waals surface area contributed by atoms with Crippen molar-refractivity contribution in [3.8, 4) is 5.75 Å². The molecule has 2 rings (SSSR count). The van der Waals surface area contributed by atoms with Crippen molar-refractivity contribution in [1.29, 1.82) is 0 Å². The third kappa shape index (κ3) is 6.45. The SMILES string of the molecule is CC(OC(=O)c1ccc([N+](=O)[O-])c(OC(=O)c2cc(I)cc(I)c2I)c1)C(F)(F)S(=O)(=O)O. The largest absolute Gasteiger partial charge is 0.451 e. The number of alkyl halides is 2. The molecule has 0 amide bonds. The van der Waals surface area contributed by atoms with Gasteiger partial charge in [-0.25, -0.2) is 9.59 Å². The second-order valence-corrected chi connectivity index (χ2v) is 11.1. The lowest BCUT2D eigenvalue weighted by Gasteiger charge is -2.20. The molecule has 1 N–H and O–H groups in total. The van der Waals surface area contributed by atoms with Crippen molar-refractivity contribution < 1.29 is 45.7 Å². The first-order valence-electron chi connectivity index (χ1n) is 8.27. The second-order valence-electron chi connectivity index (χ2n) is 6.16. The number of esters is 2. The predicted molar refractivity (Wildman–Crippen MR) is 134 cm³/mol. The van der Waals surface area contributed by atoms with E-state index in [0.29, 0.717) is 17.6 Å². The van der Waals surface area contributed by atoms with Gasteiger partial charge in [0.05, 0.1) is 16.1 Å². The number of nitrogens with zero attached hydrogens (tertiary/aromatic N) is 1. The molecule has 1 unspecified atom stereocenters. The maximum absolute atomic E-state index is 13.6. The smallest absolute Gasteiger partial charge is 0.405 e. The number of benzene rings is 2. The van der Waals surface area contributed by atoms with E-state index in [2.05, 4.69) is 4.74 Å². The molecule has 33 heavy (non-hydrogen) atoms. The number of nitro groups is 1. The topological polar surface area (TPSA) is 150 Å². The molecule has 16 heteroatoms. The van der Waals surface area contributed by atoms with Crippen LogP contribution in [0.3, 0.4) is 0 Å². The lowest BCUT2D eigenvalue weighted by molar-refractivity contribution is -0.385. The summed E-state index contributed by atoms with van der Waals surface area (Å²) in [4.78, 5) is 35.3. The van der Waals surface area contributed by atoms with Gasteiger partial charge in [0.25, 0.3) is 0 Å². The summed E-state index contributed by atoms with van der Waals surface area (Å²) in [6, 6.07) is 5.61. The Morgan fingerprint density at radius 3 is 2.30 bits per heavy atom. The van der Waals surface area contributed by atoms with Crippen LogP contribution in [0.4, 0.5) is 14.5 Å². The third-order valence-electron chi connectivity index (χ3n) is 3.91. The van der Waals surface area contributed by atoms with Crippen molar-refractivity contribution >= 4 is 95.5 Å². The quantitative estimate of drug-likeness (QED) is 0.0801. The van der Waals surface area contributed by atoms with Gasteiger partial charge in [0.15, 0.2) is 6.10 Å². The number of carbonyl (C=O) groups excluding carboxylic acids is 2. The molecule has 0 saturated carbocycles. The summed E-state index contributed by atoms with van der Waals surface area (Å²) < 4.78 is 68.9. The molecule has 0 radical (unpaired) electrons. The number of hydrogen-bond donors (Lipinski definition) is 1. The van der Waals surface area contributed by atoms with Crippen LogP contribution in [0.5, 0.6) is 5.75 Å². The Kier molecular flexibility index (Phi) is 8.95. The number of rotatable bonds is 7. The Morgan fingerprint density at radius 1 is 1.15 bits per heavy atom. The first kappa shape index (κ1) is 28.0. The molecule has 2 aromatic rings. The van der Waals surface area contributed by atoms with E-state index in [1.807, 2.05) is 67.8 Å². The van der Waals surface area contributed by atoms with Crippen LogP contribution in [0.2, 0.25) is 0 Å². The predicted octanol–water partition coefficient (Wildman–Crippen LogP) is 4.65. The molecule has 0 saturated heterocycles. The maximum Gasteiger partial charge on any atom is 0.405 e. The van der Waals surface area contributed by atoms with Crippen molar-refractivity contribution in [1.82, 2.24) is 0 Å². The van der Waals surface area contributed by atoms with Gasteiger partial charge in [0.1, 0.15) is 0 Å². The number of hydrogen-bond acceptors (Lipinski definition) is 8. The summed E-state index contributed by atoms with van der Waals surface area (Å²) in [5.41, 5.74) is -1.16. The molecule has 0 aliphatic heterocycles. The minimum atomic E-state index is -5.88. The summed E-state index contributed by atoms with van der Waals surface area (Å²) in [7, 11) is -5.88. The van der Waals surface area contributed by atoms with Gasteiger partial charge in [0.2, 0.25) is 5.75 Å². The van der Waals surface area contributed by atoms with Crippen molar-refractivity contribution in [2.24, 2.45) is 0 Å². The van der Waals surface area contributed by atoms with Crippen molar-refractivity contribution in [2.45, 2.75) is 18.3 Å². The van der Waals surface area contributed by atoms with Crippen LogP contribution in [0.25, 0.3) is 0 Å². The highest BCUT2D eigenvalue weighted by Crippen LogP contribution is 2.32. The molecule has 0 fully saturated rings. The molecule has 0 aromatic heterocycles. The zero-order chi connectivity index (χ0) is 25.3. The molecule has 0 aliphatic rings. The Balaban J connectivity index is 2.40. The number of halogens is 5. The van der Waals surface area contributed by atoms with Crippen molar-refractivity contribution in [2.75, 3.05) is 0 Å². The van der Waals surface area contributed by atoms with E-state index < -0.39 is 55.3 Å². The average Bonchev–Trinajstić information content (AvgIpc) is 2.69. The van der Waals surface area contributed by atoms with E-state index >= 15 is 0 Å². The Morgan fingerprint density at radius 2 is 1.76 bits per heavy atom. The van der Waals surface area contributed by atoms with Crippen LogP contribution in [0, 0.1) is 20.8 Å². The monoisotopic (exact) mass is 823 g/mol. The van der Waals surface area contributed by atoms with Gasteiger partial charge in [-0.05, 0) is 92.9 Å². The fourth-order valence-electron chi connectivity index (χ4n) is 2.24. The molecule has 2 aromatic carbocycles. The molecule has 1 atom stereocenters. The Hall–Kier alpha value is -1.26. The van der Waals surface area contributed by atoms with Gasteiger partial charge in [-0.2, -0.15) is 17.2 Å². The first-order chi connectivity index (χ1) is 15.1. The zero-order valence-electron chi connectivity index (χ0n) is 15.9. The standard InChI is InChI=1S/C17H10F2I3NO9S/c1-7(17(18,19)33(28,29)30)31-15(24)8-2-3-12(23(26)27)13(4-8)32-16(25)10-5-9(20)6-11(21)14(10)22/h2-7H,1H3,(H,28,29,30). The van der Waals surface area contributed by atoms with Gasteiger partial charge in [-0.1, -0.05) is 0 Å². The van der Waals surface area contributed by atoms with Gasteiger partial charge in [-0.3, -0.25) is 14.7 Å². The number of nitro benzene ring substituents is 1. The van der Waals surface area contributed by atoms with Gasteiger partial charge < -0.3 is 9.47 Å². The Bertz CT molecular complexity index is 1250. The van der Waals surface area contributed by atoms with Gasteiger partial charge in [-0.15, -0.1) is 0 Å². The van der Waals surface area contributed by atoms with Crippen molar-refractivity contribution in [3.63, 3.8) is 0 Å². The van der Waals surface area contributed by atoms with Crippen LogP contribution < -0.4 is 4.74 Å². The Labute approximate surface area is 225 Å². The molecular formula is C17H10F2I3NO9S. The summed E-state index contributed by atoms with van der Waals surface area (Å²) >= 11 is 5.83. The molecule has 10 nitrogen and oxygen atoms in total. The highest BCUT2D eigenvalue weighted by Gasteiger charge is 2.52. The van der Waals surface area contributed by atoms with E-state index in [1.54, 1.807) is 6.07 Å². The number of ether oxygens (including phenoxy) is 2. The highest BCUT2D eigenvalue weighted by atomic mass is 127. The van der Waals surface area contributed by atoms with E-state index in [0.717, 1.165) is 18.2 Å². The van der Waals surface area contributed by atoms with Crippen molar-refractivity contribution in [3.05, 3.63) is 62.3 Å². The van der Waals surface area contributed by atoms with E-state index in [9.17, 15) is 36.9 Å².